The lowest BCUT2D eigenvalue weighted by Gasteiger charge is -2.10. The van der Waals surface area contributed by atoms with Crippen LogP contribution in [0.1, 0.15) is 10.8 Å². The quantitative estimate of drug-likeness (QED) is 0.522. The van der Waals surface area contributed by atoms with Gasteiger partial charge in [-0.1, -0.05) is 24.3 Å². The maximum Gasteiger partial charge on any atom is 0.319 e. The summed E-state index contributed by atoms with van der Waals surface area (Å²) >= 11 is 1.63. The first-order valence-electron chi connectivity index (χ1n) is 9.09. The van der Waals surface area contributed by atoms with E-state index in [1.165, 1.54) is 0 Å². The summed E-state index contributed by atoms with van der Waals surface area (Å²) in [6.45, 7) is 5.15. The van der Waals surface area contributed by atoms with Gasteiger partial charge in [0.15, 0.2) is 0 Å². The topological polar surface area (TPSA) is 71.8 Å². The minimum absolute atomic E-state index is 0.223. The van der Waals surface area contributed by atoms with Gasteiger partial charge in [-0.05, 0) is 38.1 Å². The van der Waals surface area contributed by atoms with E-state index in [-0.39, 0.29) is 6.03 Å². The maximum atomic E-state index is 12.2. The maximum absolute atomic E-state index is 12.2. The van der Waals surface area contributed by atoms with Crippen LogP contribution in [0.15, 0.2) is 53.9 Å². The van der Waals surface area contributed by atoms with Gasteiger partial charge in [0.25, 0.3) is 0 Å². The highest BCUT2D eigenvalue weighted by Gasteiger charge is 2.08. The number of nitrogens with one attached hydrogen (secondary N) is 2. The Morgan fingerprint density at radius 2 is 1.86 bits per heavy atom. The second-order valence-electron chi connectivity index (χ2n) is 6.51. The molecule has 4 rings (SSSR count). The molecule has 0 atom stereocenters. The average molecular weight is 392 g/mol. The van der Waals surface area contributed by atoms with Crippen LogP contribution in [0.3, 0.4) is 0 Å². The summed E-state index contributed by atoms with van der Waals surface area (Å²) in [5, 5.41) is 8.84. The summed E-state index contributed by atoms with van der Waals surface area (Å²) in [5.74, 6) is 0.941. The zero-order valence-electron chi connectivity index (χ0n) is 15.8. The standard InChI is InChI=1S/C21H21N5OS/c1-14-23-18-5-3-4-6-20(18)26(14)12-11-22-21(27)25-17-9-7-16(8-10-17)19-13-28-15(2)24-19/h3-10,13H,11-12H2,1-2H3,(H2,22,25,27). The monoisotopic (exact) mass is 391 g/mol. The first-order chi connectivity index (χ1) is 13.6. The molecule has 2 N–H and O–H groups in total. The normalized spacial score (nSPS) is 10.9. The van der Waals surface area contributed by atoms with Crippen LogP contribution in [0.2, 0.25) is 0 Å². The molecule has 2 aromatic heterocycles. The van der Waals surface area contributed by atoms with E-state index in [1.54, 1.807) is 11.3 Å². The lowest BCUT2D eigenvalue weighted by molar-refractivity contribution is 0.251. The molecule has 0 aliphatic heterocycles. The summed E-state index contributed by atoms with van der Waals surface area (Å²) in [5.41, 5.74) is 4.80. The number of carbonyl (C=O) groups excluding carboxylic acids is 1. The van der Waals surface area contributed by atoms with Gasteiger partial charge in [0.05, 0.1) is 21.7 Å². The number of para-hydroxylation sites is 2. The van der Waals surface area contributed by atoms with Crippen LogP contribution >= 0.6 is 11.3 Å². The Morgan fingerprint density at radius 1 is 1.07 bits per heavy atom. The van der Waals surface area contributed by atoms with Crippen LogP contribution < -0.4 is 10.6 Å². The van der Waals surface area contributed by atoms with E-state index in [4.69, 9.17) is 0 Å². The van der Waals surface area contributed by atoms with Crippen molar-refractivity contribution in [1.82, 2.24) is 19.9 Å². The lowest BCUT2D eigenvalue weighted by Crippen LogP contribution is -2.31. The third kappa shape index (κ3) is 3.89. The van der Waals surface area contributed by atoms with Crippen LogP contribution in [0, 0.1) is 13.8 Å². The van der Waals surface area contributed by atoms with E-state index in [1.807, 2.05) is 67.8 Å². The molecule has 142 valence electrons. The van der Waals surface area contributed by atoms with Crippen LogP contribution in [-0.2, 0) is 6.54 Å². The molecule has 0 spiro atoms. The van der Waals surface area contributed by atoms with Crippen molar-refractivity contribution in [3.8, 4) is 11.3 Å². The molecular formula is C21H21N5OS. The number of benzene rings is 2. The minimum atomic E-state index is -0.223. The lowest BCUT2D eigenvalue weighted by atomic mass is 10.1. The molecule has 0 saturated carbocycles. The second-order valence-corrected chi connectivity index (χ2v) is 7.57. The highest BCUT2D eigenvalue weighted by atomic mass is 32.1. The molecule has 0 fully saturated rings. The number of imidazole rings is 1. The van der Waals surface area contributed by atoms with E-state index in [2.05, 4.69) is 25.2 Å². The summed E-state index contributed by atoms with van der Waals surface area (Å²) in [4.78, 5) is 21.2. The zero-order chi connectivity index (χ0) is 19.5. The highest BCUT2D eigenvalue weighted by Crippen LogP contribution is 2.23. The van der Waals surface area contributed by atoms with Gasteiger partial charge in [-0.2, -0.15) is 0 Å². The van der Waals surface area contributed by atoms with Gasteiger partial charge < -0.3 is 15.2 Å². The molecular weight excluding hydrogens is 370 g/mol. The minimum Gasteiger partial charge on any atom is -0.336 e. The third-order valence-corrected chi connectivity index (χ3v) is 5.30. The number of fused-ring (bicyclic) bond motifs is 1. The molecule has 2 aromatic carbocycles. The molecule has 0 radical (unpaired) electrons. The Morgan fingerprint density at radius 3 is 2.61 bits per heavy atom. The summed E-state index contributed by atoms with van der Waals surface area (Å²) in [7, 11) is 0. The summed E-state index contributed by atoms with van der Waals surface area (Å²) in [6, 6.07) is 15.5. The molecule has 2 amide bonds. The molecule has 0 aliphatic carbocycles. The smallest absolute Gasteiger partial charge is 0.319 e. The molecule has 6 nitrogen and oxygen atoms in total. The Balaban J connectivity index is 1.32. The first kappa shape index (κ1) is 18.2. The number of anilines is 1. The number of thiazole rings is 1. The average Bonchev–Trinajstić information content (AvgIpc) is 3.26. The Kier molecular flexibility index (Phi) is 5.08. The van der Waals surface area contributed by atoms with Gasteiger partial charge in [0.1, 0.15) is 5.82 Å². The van der Waals surface area contributed by atoms with Crippen LogP contribution in [-0.4, -0.2) is 27.1 Å². The van der Waals surface area contributed by atoms with Crippen molar-refractivity contribution in [1.29, 1.82) is 0 Å². The number of hydrogen-bond acceptors (Lipinski definition) is 4. The fourth-order valence-corrected chi connectivity index (χ4v) is 3.78. The Bertz CT molecular complexity index is 1110. The van der Waals surface area contributed by atoms with Crippen molar-refractivity contribution in [3.63, 3.8) is 0 Å². The van der Waals surface area contributed by atoms with Crippen LogP contribution in [0.4, 0.5) is 10.5 Å². The van der Waals surface area contributed by atoms with Gasteiger partial charge in [0, 0.05) is 29.7 Å². The van der Waals surface area contributed by atoms with Crippen molar-refractivity contribution in [3.05, 3.63) is 64.7 Å². The highest BCUT2D eigenvalue weighted by molar-refractivity contribution is 7.09. The van der Waals surface area contributed by atoms with Gasteiger partial charge in [-0.15, -0.1) is 11.3 Å². The Hall–Kier alpha value is -3.19. The zero-order valence-corrected chi connectivity index (χ0v) is 16.6. The third-order valence-electron chi connectivity index (χ3n) is 4.52. The van der Waals surface area contributed by atoms with E-state index < -0.39 is 0 Å². The molecule has 0 unspecified atom stereocenters. The molecule has 0 aliphatic rings. The number of amides is 2. The van der Waals surface area contributed by atoms with E-state index in [0.717, 1.165) is 38.8 Å². The molecule has 28 heavy (non-hydrogen) atoms. The number of rotatable bonds is 5. The van der Waals surface area contributed by atoms with Gasteiger partial charge in [0.2, 0.25) is 0 Å². The SMILES string of the molecule is Cc1nc(-c2ccc(NC(=O)NCCn3c(C)nc4ccccc43)cc2)cs1. The molecule has 0 bridgehead atoms. The van der Waals surface area contributed by atoms with E-state index in [0.29, 0.717) is 13.1 Å². The largest absolute Gasteiger partial charge is 0.336 e. The summed E-state index contributed by atoms with van der Waals surface area (Å²) in [6.07, 6.45) is 0. The van der Waals surface area contributed by atoms with Crippen LogP contribution in [0.25, 0.3) is 22.3 Å². The van der Waals surface area contributed by atoms with Crippen molar-refractivity contribution >= 4 is 34.1 Å². The predicted octanol–water partition coefficient (Wildman–Crippen LogP) is 4.60. The fourth-order valence-electron chi connectivity index (χ4n) is 3.16. The predicted molar refractivity (Wildman–Crippen MR) is 114 cm³/mol. The number of urea groups is 1. The fraction of sp³-hybridized carbons (Fsp3) is 0.190. The van der Waals surface area contributed by atoms with Crippen molar-refractivity contribution in [2.24, 2.45) is 0 Å². The number of hydrogen-bond donors (Lipinski definition) is 2. The number of nitrogens with zero attached hydrogens (tertiary/aromatic N) is 3. The number of carbonyl (C=O) groups is 1. The second kappa shape index (κ2) is 7.82. The molecule has 4 aromatic rings. The van der Waals surface area contributed by atoms with E-state index >= 15 is 0 Å². The van der Waals surface area contributed by atoms with Crippen molar-refractivity contribution in [2.75, 3.05) is 11.9 Å². The number of aromatic nitrogens is 3. The molecule has 0 saturated heterocycles. The van der Waals surface area contributed by atoms with Crippen molar-refractivity contribution < 1.29 is 4.79 Å². The summed E-state index contributed by atoms with van der Waals surface area (Å²) < 4.78 is 2.11. The number of aryl methyl sites for hydroxylation is 2. The van der Waals surface area contributed by atoms with Gasteiger partial charge in [-0.25, -0.2) is 14.8 Å². The Labute approximate surface area is 167 Å². The molecule has 7 heteroatoms. The van der Waals surface area contributed by atoms with E-state index in [9.17, 15) is 4.79 Å². The van der Waals surface area contributed by atoms with Crippen LogP contribution in [0.5, 0.6) is 0 Å². The molecule has 2 heterocycles. The van der Waals surface area contributed by atoms with Crippen molar-refractivity contribution in [2.45, 2.75) is 20.4 Å². The van der Waals surface area contributed by atoms with Gasteiger partial charge in [-0.3, -0.25) is 0 Å². The van der Waals surface area contributed by atoms with Gasteiger partial charge >= 0.3 is 6.03 Å². The first-order valence-corrected chi connectivity index (χ1v) is 9.97.